The fraction of sp³-hybridized carbons (Fsp3) is 0.333. The zero-order valence-corrected chi connectivity index (χ0v) is 15.0. The first-order valence-corrected chi connectivity index (χ1v) is 8.90. The van der Waals surface area contributed by atoms with E-state index in [0.717, 1.165) is 16.7 Å². The number of amides is 2. The van der Waals surface area contributed by atoms with E-state index in [-0.39, 0.29) is 18.0 Å². The predicted molar refractivity (Wildman–Crippen MR) is 97.4 cm³/mol. The van der Waals surface area contributed by atoms with Gasteiger partial charge in [0.2, 0.25) is 5.91 Å². The lowest BCUT2D eigenvalue weighted by Gasteiger charge is -2.52. The van der Waals surface area contributed by atoms with Crippen molar-refractivity contribution in [3.05, 3.63) is 71.3 Å². The van der Waals surface area contributed by atoms with Crippen molar-refractivity contribution in [2.45, 2.75) is 38.0 Å². The number of benzene rings is 2. The first-order valence-electron chi connectivity index (χ1n) is 8.90. The van der Waals surface area contributed by atoms with E-state index < -0.39 is 12.1 Å². The van der Waals surface area contributed by atoms with Crippen LogP contribution in [0.25, 0.3) is 0 Å². The van der Waals surface area contributed by atoms with E-state index in [4.69, 9.17) is 4.74 Å². The van der Waals surface area contributed by atoms with Crippen molar-refractivity contribution in [1.82, 2.24) is 9.80 Å². The largest absolute Gasteiger partial charge is 0.453 e. The average molecular weight is 350 g/mol. The predicted octanol–water partition coefficient (Wildman–Crippen LogP) is 3.15. The van der Waals surface area contributed by atoms with Crippen LogP contribution in [0.5, 0.6) is 0 Å². The Morgan fingerprint density at radius 2 is 1.81 bits per heavy atom. The van der Waals surface area contributed by atoms with Gasteiger partial charge in [-0.05, 0) is 23.6 Å². The van der Waals surface area contributed by atoms with E-state index in [1.54, 1.807) is 4.90 Å². The Kier molecular flexibility index (Phi) is 4.15. The van der Waals surface area contributed by atoms with Crippen molar-refractivity contribution < 1.29 is 14.3 Å². The smallest absolute Gasteiger partial charge is 0.410 e. The molecule has 5 heteroatoms. The highest BCUT2D eigenvalue weighted by Gasteiger charge is 2.51. The first kappa shape index (κ1) is 16.6. The first-order chi connectivity index (χ1) is 12.6. The lowest BCUT2D eigenvalue weighted by atomic mass is 9.81. The van der Waals surface area contributed by atoms with Crippen LogP contribution in [-0.2, 0) is 22.5 Å². The second kappa shape index (κ2) is 6.48. The third-order valence-corrected chi connectivity index (χ3v) is 5.52. The van der Waals surface area contributed by atoms with E-state index in [2.05, 4.69) is 12.1 Å². The van der Waals surface area contributed by atoms with Crippen molar-refractivity contribution in [3.8, 4) is 0 Å². The zero-order valence-electron chi connectivity index (χ0n) is 15.0. The summed E-state index contributed by atoms with van der Waals surface area (Å²) < 4.78 is 5.01. The van der Waals surface area contributed by atoms with Crippen LogP contribution in [0.3, 0.4) is 0 Å². The van der Waals surface area contributed by atoms with E-state index >= 15 is 0 Å². The summed E-state index contributed by atoms with van der Waals surface area (Å²) in [6, 6.07) is 17.2. The Balaban J connectivity index is 1.76. The van der Waals surface area contributed by atoms with Gasteiger partial charge in [0.05, 0.1) is 19.2 Å². The van der Waals surface area contributed by atoms with Gasteiger partial charge in [-0.2, -0.15) is 0 Å². The lowest BCUT2D eigenvalue weighted by molar-refractivity contribution is -0.150. The summed E-state index contributed by atoms with van der Waals surface area (Å²) in [6.07, 6.45) is 0.0904. The van der Waals surface area contributed by atoms with Gasteiger partial charge >= 0.3 is 6.09 Å². The molecule has 1 saturated heterocycles. The van der Waals surface area contributed by atoms with Gasteiger partial charge in [0.1, 0.15) is 6.04 Å². The van der Waals surface area contributed by atoms with Crippen LogP contribution in [0, 0.1) is 0 Å². The number of nitrogens with zero attached hydrogens (tertiary/aromatic N) is 2. The normalized spacial score (nSPS) is 24.2. The van der Waals surface area contributed by atoms with E-state index in [9.17, 15) is 9.59 Å². The molecule has 2 aromatic rings. The molecule has 5 nitrogen and oxygen atoms in total. The minimum Gasteiger partial charge on any atom is -0.453 e. The molecule has 2 aromatic carbocycles. The molecule has 1 fully saturated rings. The van der Waals surface area contributed by atoms with Crippen LogP contribution in [0.2, 0.25) is 0 Å². The number of ether oxygens (including phenoxy) is 1. The lowest BCUT2D eigenvalue weighted by Crippen LogP contribution is -2.65. The SMILES string of the molecule is COC(=O)N1[C@@H]2Cc3ccccc3[C@H]1[C@H](C)N(Cc1ccccc1)C2=O. The number of carbonyl (C=O) groups is 2. The van der Waals surface area contributed by atoms with Crippen molar-refractivity contribution >= 4 is 12.0 Å². The molecule has 0 unspecified atom stereocenters. The van der Waals surface area contributed by atoms with Gasteiger partial charge in [0, 0.05) is 13.0 Å². The van der Waals surface area contributed by atoms with Crippen molar-refractivity contribution in [2.75, 3.05) is 7.11 Å². The maximum atomic E-state index is 13.3. The molecule has 0 N–H and O–H groups in total. The number of carbonyl (C=O) groups excluding carboxylic acids is 2. The molecule has 0 radical (unpaired) electrons. The highest BCUT2D eigenvalue weighted by molar-refractivity contribution is 5.89. The van der Waals surface area contributed by atoms with Crippen LogP contribution in [-0.4, -0.2) is 41.0 Å². The molecule has 2 heterocycles. The Morgan fingerprint density at radius 1 is 1.12 bits per heavy atom. The van der Waals surface area contributed by atoms with E-state index in [0.29, 0.717) is 13.0 Å². The highest BCUT2D eigenvalue weighted by atomic mass is 16.5. The minimum atomic E-state index is -0.512. The fourth-order valence-electron chi connectivity index (χ4n) is 4.27. The quantitative estimate of drug-likeness (QED) is 0.836. The fourth-order valence-corrected chi connectivity index (χ4v) is 4.27. The van der Waals surface area contributed by atoms with Gasteiger partial charge in [0.15, 0.2) is 0 Å². The van der Waals surface area contributed by atoms with Gasteiger partial charge in [0.25, 0.3) is 0 Å². The summed E-state index contributed by atoms with van der Waals surface area (Å²) >= 11 is 0. The van der Waals surface area contributed by atoms with Gasteiger partial charge in [-0.25, -0.2) is 4.79 Å². The summed E-state index contributed by atoms with van der Waals surface area (Å²) in [6.45, 7) is 2.56. The molecule has 134 valence electrons. The number of piperazine rings is 1. The molecular weight excluding hydrogens is 328 g/mol. The number of hydrogen-bond donors (Lipinski definition) is 0. The summed E-state index contributed by atoms with van der Waals surface area (Å²) in [5.41, 5.74) is 3.33. The second-order valence-corrected chi connectivity index (χ2v) is 6.93. The average Bonchev–Trinajstić information content (AvgIpc) is 2.69. The Hall–Kier alpha value is -2.82. The number of fused-ring (bicyclic) bond motifs is 4. The zero-order chi connectivity index (χ0) is 18.3. The molecule has 0 spiro atoms. The topological polar surface area (TPSA) is 49.9 Å². The van der Waals surface area contributed by atoms with Crippen LogP contribution in [0.1, 0.15) is 29.7 Å². The molecule has 0 aliphatic carbocycles. The number of rotatable bonds is 2. The summed E-state index contributed by atoms with van der Waals surface area (Å²) in [7, 11) is 1.37. The van der Waals surface area contributed by atoms with Crippen molar-refractivity contribution in [1.29, 1.82) is 0 Å². The van der Waals surface area contributed by atoms with Crippen LogP contribution < -0.4 is 0 Å². The summed E-state index contributed by atoms with van der Waals surface area (Å²) in [5, 5.41) is 0. The Bertz CT molecular complexity index is 836. The third kappa shape index (κ3) is 2.55. The van der Waals surface area contributed by atoms with Crippen LogP contribution >= 0.6 is 0 Å². The van der Waals surface area contributed by atoms with Crippen molar-refractivity contribution in [2.24, 2.45) is 0 Å². The summed E-state index contributed by atoms with van der Waals surface area (Å²) in [5.74, 6) is -0.0162. The van der Waals surface area contributed by atoms with Gasteiger partial charge < -0.3 is 9.64 Å². The molecule has 2 amide bonds. The minimum absolute atomic E-state index is 0.0162. The molecule has 4 rings (SSSR count). The Morgan fingerprint density at radius 3 is 2.54 bits per heavy atom. The van der Waals surface area contributed by atoms with Gasteiger partial charge in [-0.1, -0.05) is 54.6 Å². The molecular formula is C21H22N2O3. The maximum absolute atomic E-state index is 13.3. The van der Waals surface area contributed by atoms with Gasteiger partial charge in [-0.15, -0.1) is 0 Å². The molecule has 0 aromatic heterocycles. The monoisotopic (exact) mass is 350 g/mol. The second-order valence-electron chi connectivity index (χ2n) is 6.93. The van der Waals surface area contributed by atoms with E-state index in [1.165, 1.54) is 7.11 Å². The van der Waals surface area contributed by atoms with Crippen LogP contribution in [0.15, 0.2) is 54.6 Å². The van der Waals surface area contributed by atoms with Gasteiger partial charge in [-0.3, -0.25) is 9.69 Å². The molecule has 26 heavy (non-hydrogen) atoms. The van der Waals surface area contributed by atoms with Crippen molar-refractivity contribution in [3.63, 3.8) is 0 Å². The summed E-state index contributed by atoms with van der Waals surface area (Å²) in [4.78, 5) is 29.3. The molecule has 3 atom stereocenters. The molecule has 0 saturated carbocycles. The standard InChI is InChI=1S/C21H22N2O3/c1-14-19-17-11-7-6-10-16(17)12-18(23(19)21(25)26-2)20(24)22(14)13-15-8-4-3-5-9-15/h3-11,14,18-19H,12-13H2,1-2H3/t14-,18+,19+/m0/s1. The van der Waals surface area contributed by atoms with E-state index in [1.807, 2.05) is 54.3 Å². The molecule has 2 bridgehead atoms. The Labute approximate surface area is 153 Å². The van der Waals surface area contributed by atoms with Crippen LogP contribution in [0.4, 0.5) is 4.79 Å². The molecule has 2 aliphatic heterocycles. The highest BCUT2D eigenvalue weighted by Crippen LogP contribution is 2.42. The molecule has 2 aliphatic rings. The third-order valence-electron chi connectivity index (χ3n) is 5.52. The number of hydrogen-bond acceptors (Lipinski definition) is 3. The maximum Gasteiger partial charge on any atom is 0.410 e. The number of methoxy groups -OCH3 is 1.